The van der Waals surface area contributed by atoms with Crippen LogP contribution in [0.3, 0.4) is 0 Å². The van der Waals surface area contributed by atoms with Crippen LogP contribution in [0.2, 0.25) is 0 Å². The van der Waals surface area contributed by atoms with Crippen LogP contribution in [0.5, 0.6) is 0 Å². The Balaban J connectivity index is 1.50. The van der Waals surface area contributed by atoms with Crippen LogP contribution in [0.1, 0.15) is 34.6 Å². The van der Waals surface area contributed by atoms with Crippen LogP contribution in [0, 0.1) is 5.92 Å². The molecule has 5 rings (SSSR count). The third kappa shape index (κ3) is 3.15. The summed E-state index contributed by atoms with van der Waals surface area (Å²) in [4.78, 5) is 45.2. The first kappa shape index (κ1) is 19.1. The number of rotatable bonds is 2. The van der Waals surface area contributed by atoms with E-state index >= 15 is 0 Å². The summed E-state index contributed by atoms with van der Waals surface area (Å²) in [6, 6.07) is 8.00. The molecule has 2 fully saturated rings. The Kier molecular flexibility index (Phi) is 4.73. The standard InChI is InChI=1S/C22H26N4O4/c1-23-7-9-24(10-8-23)22(29)20-16-12-15(17-4-2-6-19(27)26(17)20)13-25(14-16)21(28)18-5-3-11-30-18/h2-6,11,15-16,20H,7-10,12-14H2,1H3/t15-,16+,20-/m1/s1. The van der Waals surface area contributed by atoms with Gasteiger partial charge in [0.05, 0.1) is 6.26 Å². The summed E-state index contributed by atoms with van der Waals surface area (Å²) in [5.41, 5.74) is 0.712. The fourth-order valence-corrected chi connectivity index (χ4v) is 5.19. The zero-order valence-corrected chi connectivity index (χ0v) is 17.1. The first-order valence-electron chi connectivity index (χ1n) is 10.5. The first-order valence-corrected chi connectivity index (χ1v) is 10.5. The van der Waals surface area contributed by atoms with Crippen molar-refractivity contribution in [1.29, 1.82) is 0 Å². The van der Waals surface area contributed by atoms with Gasteiger partial charge in [-0.25, -0.2) is 0 Å². The second kappa shape index (κ2) is 7.43. The monoisotopic (exact) mass is 410 g/mol. The largest absolute Gasteiger partial charge is 0.459 e. The maximum absolute atomic E-state index is 13.6. The van der Waals surface area contributed by atoms with Gasteiger partial charge in [-0.2, -0.15) is 0 Å². The molecule has 5 heterocycles. The van der Waals surface area contributed by atoms with Gasteiger partial charge in [0.15, 0.2) is 5.76 Å². The minimum absolute atomic E-state index is 0.00611. The Hall–Kier alpha value is -2.87. The molecule has 3 aliphatic rings. The third-order valence-electron chi connectivity index (χ3n) is 6.73. The van der Waals surface area contributed by atoms with Crippen molar-refractivity contribution in [2.24, 2.45) is 5.92 Å². The minimum Gasteiger partial charge on any atom is -0.459 e. The van der Waals surface area contributed by atoms with Crippen molar-refractivity contribution >= 4 is 11.8 Å². The lowest BCUT2D eigenvalue weighted by atomic mass is 9.77. The molecule has 0 radical (unpaired) electrons. The maximum atomic E-state index is 13.6. The maximum Gasteiger partial charge on any atom is 0.289 e. The van der Waals surface area contributed by atoms with Gasteiger partial charge in [0.2, 0.25) is 5.91 Å². The number of furan rings is 1. The lowest BCUT2D eigenvalue weighted by molar-refractivity contribution is -0.139. The van der Waals surface area contributed by atoms with Crippen LogP contribution < -0.4 is 5.56 Å². The molecule has 2 amide bonds. The molecular formula is C22H26N4O4. The molecule has 30 heavy (non-hydrogen) atoms. The molecule has 2 bridgehead atoms. The molecule has 0 saturated carbocycles. The number of fused-ring (bicyclic) bond motifs is 4. The summed E-state index contributed by atoms with van der Waals surface area (Å²) in [5, 5.41) is 0. The molecule has 0 unspecified atom stereocenters. The van der Waals surface area contributed by atoms with Crippen molar-refractivity contribution < 1.29 is 14.0 Å². The Morgan fingerprint density at radius 2 is 1.80 bits per heavy atom. The van der Waals surface area contributed by atoms with Crippen molar-refractivity contribution in [2.45, 2.75) is 18.4 Å². The molecule has 3 aliphatic heterocycles. The quantitative estimate of drug-likeness (QED) is 0.739. The van der Waals surface area contributed by atoms with Crippen molar-refractivity contribution in [3.8, 4) is 0 Å². The van der Waals surface area contributed by atoms with E-state index in [9.17, 15) is 14.4 Å². The van der Waals surface area contributed by atoms with Gasteiger partial charge in [-0.15, -0.1) is 0 Å². The van der Waals surface area contributed by atoms with Gasteiger partial charge in [0.1, 0.15) is 6.04 Å². The smallest absolute Gasteiger partial charge is 0.289 e. The highest BCUT2D eigenvalue weighted by Gasteiger charge is 2.46. The highest BCUT2D eigenvalue weighted by molar-refractivity contribution is 5.91. The van der Waals surface area contributed by atoms with E-state index in [2.05, 4.69) is 4.90 Å². The van der Waals surface area contributed by atoms with Crippen LogP contribution in [0.4, 0.5) is 0 Å². The molecule has 8 heteroatoms. The Morgan fingerprint density at radius 1 is 1.00 bits per heavy atom. The normalized spacial score (nSPS) is 26.4. The summed E-state index contributed by atoms with van der Waals surface area (Å²) < 4.78 is 7.02. The summed E-state index contributed by atoms with van der Waals surface area (Å²) >= 11 is 0. The van der Waals surface area contributed by atoms with E-state index in [1.165, 1.54) is 12.3 Å². The summed E-state index contributed by atoms with van der Waals surface area (Å²) in [6.45, 7) is 3.94. The van der Waals surface area contributed by atoms with E-state index in [4.69, 9.17) is 4.42 Å². The molecule has 0 N–H and O–H groups in total. The number of aromatic nitrogens is 1. The number of amides is 2. The van der Waals surface area contributed by atoms with Gasteiger partial charge in [-0.3, -0.25) is 19.0 Å². The van der Waals surface area contributed by atoms with Gasteiger partial charge in [0, 0.05) is 62.9 Å². The van der Waals surface area contributed by atoms with Crippen molar-refractivity contribution in [3.05, 3.63) is 58.4 Å². The number of hydrogen-bond donors (Lipinski definition) is 0. The molecule has 158 valence electrons. The fraction of sp³-hybridized carbons (Fsp3) is 0.500. The van der Waals surface area contributed by atoms with Gasteiger partial charge in [-0.1, -0.05) is 6.07 Å². The molecule has 2 aromatic heterocycles. The third-order valence-corrected chi connectivity index (χ3v) is 6.73. The SMILES string of the molecule is CN1CCN(C(=O)[C@H]2[C@H]3C[C@H](CN(C(=O)c4ccco4)C3)c3cccc(=O)n32)CC1. The molecule has 0 spiro atoms. The zero-order chi connectivity index (χ0) is 20.8. The number of carbonyl (C=O) groups is 2. The molecule has 8 nitrogen and oxygen atoms in total. The fourth-order valence-electron chi connectivity index (χ4n) is 5.19. The van der Waals surface area contributed by atoms with Crippen molar-refractivity contribution in [1.82, 2.24) is 19.3 Å². The first-order chi connectivity index (χ1) is 14.5. The van der Waals surface area contributed by atoms with Crippen LogP contribution in [-0.2, 0) is 4.79 Å². The Morgan fingerprint density at radius 3 is 2.53 bits per heavy atom. The summed E-state index contributed by atoms with van der Waals surface area (Å²) in [6.07, 6.45) is 2.29. The minimum atomic E-state index is -0.569. The average molecular weight is 410 g/mol. The van der Waals surface area contributed by atoms with Crippen LogP contribution in [0.15, 0.2) is 45.8 Å². The number of hydrogen-bond acceptors (Lipinski definition) is 5. The summed E-state index contributed by atoms with van der Waals surface area (Å²) in [5.74, 6) is 0.0820. The second-order valence-electron chi connectivity index (χ2n) is 8.61. The van der Waals surface area contributed by atoms with E-state index in [-0.39, 0.29) is 29.2 Å². The predicted molar refractivity (Wildman–Crippen MR) is 109 cm³/mol. The van der Waals surface area contributed by atoms with Crippen LogP contribution in [0.25, 0.3) is 0 Å². The lowest BCUT2D eigenvalue weighted by Gasteiger charge is -2.47. The van der Waals surface area contributed by atoms with Gasteiger partial charge in [-0.05, 0) is 31.7 Å². The summed E-state index contributed by atoms with van der Waals surface area (Å²) in [7, 11) is 2.05. The number of piperazine rings is 1. The zero-order valence-electron chi connectivity index (χ0n) is 17.1. The molecule has 2 saturated heterocycles. The number of likely N-dealkylation sites (tertiary alicyclic amines) is 1. The number of carbonyl (C=O) groups excluding carboxylic acids is 2. The van der Waals surface area contributed by atoms with Crippen molar-refractivity contribution in [2.75, 3.05) is 46.3 Å². The molecule has 2 aromatic rings. The molecular weight excluding hydrogens is 384 g/mol. The van der Waals surface area contributed by atoms with E-state index in [1.807, 2.05) is 18.0 Å². The molecule has 0 aliphatic carbocycles. The number of piperidine rings is 1. The lowest BCUT2D eigenvalue weighted by Crippen LogP contribution is -2.57. The molecule has 3 atom stereocenters. The average Bonchev–Trinajstić information content (AvgIpc) is 3.29. The highest BCUT2D eigenvalue weighted by Crippen LogP contribution is 2.42. The Bertz CT molecular complexity index is 1010. The van der Waals surface area contributed by atoms with Gasteiger partial charge < -0.3 is 19.1 Å². The van der Waals surface area contributed by atoms with E-state index < -0.39 is 6.04 Å². The topological polar surface area (TPSA) is 79.0 Å². The second-order valence-corrected chi connectivity index (χ2v) is 8.61. The predicted octanol–water partition coefficient (Wildman–Crippen LogP) is 1.02. The van der Waals surface area contributed by atoms with Crippen molar-refractivity contribution in [3.63, 3.8) is 0 Å². The highest BCUT2D eigenvalue weighted by atomic mass is 16.3. The Labute approximate surface area is 174 Å². The van der Waals surface area contributed by atoms with E-state index in [1.54, 1.807) is 27.7 Å². The number of pyridine rings is 1. The number of likely N-dealkylation sites (N-methyl/N-ethyl adjacent to an activating group) is 1. The van der Waals surface area contributed by atoms with Gasteiger partial charge in [0.25, 0.3) is 11.5 Å². The van der Waals surface area contributed by atoms with Gasteiger partial charge >= 0.3 is 0 Å². The van der Waals surface area contributed by atoms with Crippen LogP contribution >= 0.6 is 0 Å². The number of nitrogens with zero attached hydrogens (tertiary/aromatic N) is 4. The van der Waals surface area contributed by atoms with E-state index in [0.717, 1.165) is 25.2 Å². The molecule has 0 aromatic carbocycles. The van der Waals surface area contributed by atoms with Crippen LogP contribution in [-0.4, -0.2) is 77.4 Å². The van der Waals surface area contributed by atoms with E-state index in [0.29, 0.717) is 31.9 Å².